The van der Waals surface area contributed by atoms with Crippen molar-refractivity contribution in [3.63, 3.8) is 0 Å². The Kier molecular flexibility index (Phi) is 5.11. The van der Waals surface area contributed by atoms with Crippen LogP contribution in [0.4, 0.5) is 0 Å². The van der Waals surface area contributed by atoms with Crippen LogP contribution in [0.25, 0.3) is 5.69 Å². The van der Waals surface area contributed by atoms with Crippen LogP contribution < -0.4 is 5.32 Å². The highest BCUT2D eigenvalue weighted by atomic mass is 16.5. The van der Waals surface area contributed by atoms with Crippen molar-refractivity contribution in [3.05, 3.63) is 48.3 Å². The molecule has 5 heteroatoms. The zero-order chi connectivity index (χ0) is 15.2. The average Bonchev–Trinajstić information content (AvgIpc) is 3.01. The molecule has 5 nitrogen and oxygen atoms in total. The molecule has 1 N–H and O–H groups in total. The van der Waals surface area contributed by atoms with Gasteiger partial charge in [-0.15, -0.1) is 0 Å². The van der Waals surface area contributed by atoms with Gasteiger partial charge in [0.2, 0.25) is 0 Å². The molecule has 0 aliphatic carbocycles. The largest absolute Gasteiger partial charge is 0.468 e. The Balaban J connectivity index is 1.98. The summed E-state index contributed by atoms with van der Waals surface area (Å²) in [6.45, 7) is 4.61. The first-order chi connectivity index (χ1) is 10.1. The molecule has 0 bridgehead atoms. The Hall–Kier alpha value is -2.14. The van der Waals surface area contributed by atoms with E-state index in [-0.39, 0.29) is 17.9 Å². The van der Waals surface area contributed by atoms with Gasteiger partial charge in [0.05, 0.1) is 12.8 Å². The number of esters is 1. The van der Waals surface area contributed by atoms with Crippen LogP contribution in [0.15, 0.2) is 42.7 Å². The van der Waals surface area contributed by atoms with Gasteiger partial charge in [0.15, 0.2) is 0 Å². The fraction of sp³-hybridized carbons (Fsp3) is 0.375. The van der Waals surface area contributed by atoms with Crippen LogP contribution in [0, 0.1) is 5.92 Å². The number of benzene rings is 1. The van der Waals surface area contributed by atoms with Crippen LogP contribution in [-0.2, 0) is 16.1 Å². The summed E-state index contributed by atoms with van der Waals surface area (Å²) in [4.78, 5) is 11.7. The van der Waals surface area contributed by atoms with Crippen molar-refractivity contribution < 1.29 is 9.53 Å². The smallest absolute Gasteiger partial charge is 0.323 e. The number of carbonyl (C=O) groups is 1. The lowest BCUT2D eigenvalue weighted by atomic mass is 10.0. The highest BCUT2D eigenvalue weighted by molar-refractivity contribution is 5.75. The fourth-order valence-electron chi connectivity index (χ4n) is 2.13. The van der Waals surface area contributed by atoms with Gasteiger partial charge in [-0.1, -0.05) is 26.0 Å². The van der Waals surface area contributed by atoms with E-state index in [0.29, 0.717) is 6.54 Å². The monoisotopic (exact) mass is 287 g/mol. The molecular formula is C16H21N3O2. The van der Waals surface area contributed by atoms with Crippen LogP contribution in [0.1, 0.15) is 19.4 Å². The molecule has 1 aromatic heterocycles. The Morgan fingerprint density at radius 1 is 1.33 bits per heavy atom. The number of ether oxygens (including phenoxy) is 1. The predicted molar refractivity (Wildman–Crippen MR) is 81.0 cm³/mol. The molecule has 2 rings (SSSR count). The number of rotatable bonds is 6. The molecule has 0 saturated carbocycles. The molecule has 112 valence electrons. The topological polar surface area (TPSA) is 56.1 Å². The Morgan fingerprint density at radius 2 is 2.05 bits per heavy atom. The first-order valence-electron chi connectivity index (χ1n) is 7.02. The van der Waals surface area contributed by atoms with E-state index in [0.717, 1.165) is 11.3 Å². The lowest BCUT2D eigenvalue weighted by Crippen LogP contribution is -2.41. The molecule has 1 heterocycles. The third-order valence-electron chi connectivity index (χ3n) is 3.35. The highest BCUT2D eigenvalue weighted by Gasteiger charge is 2.21. The van der Waals surface area contributed by atoms with Gasteiger partial charge in [-0.05, 0) is 29.7 Å². The fourth-order valence-corrected chi connectivity index (χ4v) is 2.13. The normalized spacial score (nSPS) is 12.4. The summed E-state index contributed by atoms with van der Waals surface area (Å²) in [5, 5.41) is 7.43. The molecular weight excluding hydrogens is 266 g/mol. The Bertz CT molecular complexity index is 562. The maximum absolute atomic E-state index is 11.7. The minimum Gasteiger partial charge on any atom is -0.468 e. The third-order valence-corrected chi connectivity index (χ3v) is 3.35. The Morgan fingerprint density at radius 3 is 2.57 bits per heavy atom. The van der Waals surface area contributed by atoms with Crippen molar-refractivity contribution >= 4 is 5.97 Å². The molecule has 0 unspecified atom stereocenters. The van der Waals surface area contributed by atoms with Crippen LogP contribution in [0.5, 0.6) is 0 Å². The summed E-state index contributed by atoms with van der Waals surface area (Å²) in [6, 6.07) is 9.66. The van der Waals surface area contributed by atoms with Crippen LogP contribution in [0.2, 0.25) is 0 Å². The van der Waals surface area contributed by atoms with Gasteiger partial charge in [0, 0.05) is 18.9 Å². The molecule has 1 atom stereocenters. The number of hydrogen-bond donors (Lipinski definition) is 1. The molecule has 0 saturated heterocycles. The third kappa shape index (κ3) is 3.92. The van der Waals surface area contributed by atoms with Gasteiger partial charge >= 0.3 is 5.97 Å². The second-order valence-electron chi connectivity index (χ2n) is 5.24. The van der Waals surface area contributed by atoms with E-state index >= 15 is 0 Å². The molecule has 0 aliphatic rings. The lowest BCUT2D eigenvalue weighted by molar-refractivity contribution is -0.144. The van der Waals surface area contributed by atoms with E-state index in [4.69, 9.17) is 4.74 Å². The number of hydrogen-bond acceptors (Lipinski definition) is 4. The van der Waals surface area contributed by atoms with Gasteiger partial charge in [-0.25, -0.2) is 4.68 Å². The zero-order valence-corrected chi connectivity index (χ0v) is 12.6. The first kappa shape index (κ1) is 15.3. The quantitative estimate of drug-likeness (QED) is 0.827. The van der Waals surface area contributed by atoms with E-state index in [2.05, 4.69) is 10.4 Å². The molecule has 2 aromatic rings. The summed E-state index contributed by atoms with van der Waals surface area (Å²) >= 11 is 0. The summed E-state index contributed by atoms with van der Waals surface area (Å²) in [5.41, 5.74) is 2.12. The van der Waals surface area contributed by atoms with Gasteiger partial charge in [-0.2, -0.15) is 5.10 Å². The Labute approximate surface area is 124 Å². The number of methoxy groups -OCH3 is 1. The summed E-state index contributed by atoms with van der Waals surface area (Å²) in [6.07, 6.45) is 3.65. The maximum Gasteiger partial charge on any atom is 0.323 e. The number of carbonyl (C=O) groups excluding carboxylic acids is 1. The van der Waals surface area contributed by atoms with Crippen molar-refractivity contribution in [1.82, 2.24) is 15.1 Å². The predicted octanol–water partition coefficient (Wildman–Crippen LogP) is 2.16. The first-order valence-corrected chi connectivity index (χ1v) is 7.02. The van der Waals surface area contributed by atoms with Crippen molar-refractivity contribution in [2.45, 2.75) is 26.4 Å². The molecule has 0 aliphatic heterocycles. The number of nitrogens with one attached hydrogen (secondary N) is 1. The van der Waals surface area contributed by atoms with Crippen molar-refractivity contribution in [2.24, 2.45) is 5.92 Å². The summed E-state index contributed by atoms with van der Waals surface area (Å²) in [7, 11) is 1.41. The summed E-state index contributed by atoms with van der Waals surface area (Å²) < 4.78 is 6.63. The van der Waals surface area contributed by atoms with E-state index in [1.54, 1.807) is 6.20 Å². The molecule has 0 amide bonds. The minimum atomic E-state index is -0.291. The SMILES string of the molecule is COC(=O)[C@@H](NCc1ccc(-n2cccn2)cc1)C(C)C. The minimum absolute atomic E-state index is 0.181. The standard InChI is InChI=1S/C16H21N3O2/c1-12(2)15(16(20)21-3)17-11-13-5-7-14(8-6-13)19-10-4-9-18-19/h4-10,12,15,17H,11H2,1-3H3/t15-/m0/s1. The number of aromatic nitrogens is 2. The zero-order valence-electron chi connectivity index (χ0n) is 12.6. The molecule has 0 radical (unpaired) electrons. The van der Waals surface area contributed by atoms with E-state index in [9.17, 15) is 4.79 Å². The van der Waals surface area contributed by atoms with Crippen LogP contribution in [0.3, 0.4) is 0 Å². The lowest BCUT2D eigenvalue weighted by Gasteiger charge is -2.19. The molecule has 0 fully saturated rings. The molecule has 21 heavy (non-hydrogen) atoms. The second-order valence-corrected chi connectivity index (χ2v) is 5.24. The van der Waals surface area contributed by atoms with Crippen molar-refractivity contribution in [2.75, 3.05) is 7.11 Å². The van der Waals surface area contributed by atoms with Crippen LogP contribution >= 0.6 is 0 Å². The van der Waals surface area contributed by atoms with Crippen molar-refractivity contribution in [3.8, 4) is 5.69 Å². The second kappa shape index (κ2) is 7.04. The summed E-state index contributed by atoms with van der Waals surface area (Å²) in [5.74, 6) is -0.0426. The maximum atomic E-state index is 11.7. The van der Waals surface area contributed by atoms with E-state index in [1.807, 2.05) is 55.1 Å². The molecule has 1 aromatic carbocycles. The van der Waals surface area contributed by atoms with Crippen molar-refractivity contribution in [1.29, 1.82) is 0 Å². The number of nitrogens with zero attached hydrogens (tertiary/aromatic N) is 2. The highest BCUT2D eigenvalue weighted by Crippen LogP contribution is 2.10. The van der Waals surface area contributed by atoms with Gasteiger partial charge < -0.3 is 10.1 Å². The van der Waals surface area contributed by atoms with Gasteiger partial charge in [-0.3, -0.25) is 4.79 Å². The van der Waals surface area contributed by atoms with Gasteiger partial charge in [0.1, 0.15) is 6.04 Å². The average molecular weight is 287 g/mol. The van der Waals surface area contributed by atoms with E-state index < -0.39 is 0 Å². The molecule has 0 spiro atoms. The van der Waals surface area contributed by atoms with Crippen LogP contribution in [-0.4, -0.2) is 28.9 Å². The van der Waals surface area contributed by atoms with E-state index in [1.165, 1.54) is 7.11 Å². The van der Waals surface area contributed by atoms with Gasteiger partial charge in [0.25, 0.3) is 0 Å².